The van der Waals surface area contributed by atoms with Gasteiger partial charge in [0, 0.05) is 12.5 Å². The van der Waals surface area contributed by atoms with Crippen LogP contribution >= 0.6 is 23.4 Å². The number of carbonyl (C=O) groups excluding carboxylic acids is 2. The van der Waals surface area contributed by atoms with E-state index in [0.29, 0.717) is 15.9 Å². The van der Waals surface area contributed by atoms with E-state index < -0.39 is 5.25 Å². The highest BCUT2D eigenvalue weighted by Gasteiger charge is 2.32. The molecule has 0 saturated carbocycles. The average molecular weight is 340 g/mol. The lowest BCUT2D eigenvalue weighted by atomic mass is 10.2. The van der Waals surface area contributed by atoms with E-state index in [1.54, 1.807) is 24.3 Å². The maximum absolute atomic E-state index is 12.0. The van der Waals surface area contributed by atoms with E-state index in [1.807, 2.05) is 13.8 Å². The van der Waals surface area contributed by atoms with Crippen molar-refractivity contribution in [2.75, 3.05) is 5.32 Å². The van der Waals surface area contributed by atoms with Crippen LogP contribution in [0.25, 0.3) is 0 Å². The fraction of sp³-hybridized carbons (Fsp3) is 0.400. The summed E-state index contributed by atoms with van der Waals surface area (Å²) in [6, 6.07) is 7.15. The number of halogens is 1. The summed E-state index contributed by atoms with van der Waals surface area (Å²) in [6.07, 6.45) is 0.985. The van der Waals surface area contributed by atoms with Gasteiger partial charge in [0.2, 0.25) is 11.8 Å². The Morgan fingerprint density at radius 2 is 2.23 bits per heavy atom. The van der Waals surface area contributed by atoms with Crippen LogP contribution in [0.5, 0.6) is 0 Å². The molecule has 0 bridgehead atoms. The molecule has 118 valence electrons. The highest BCUT2D eigenvalue weighted by molar-refractivity contribution is 8.15. The first-order valence-electron chi connectivity index (χ1n) is 7.09. The molecule has 7 heteroatoms. The van der Waals surface area contributed by atoms with E-state index in [9.17, 15) is 9.59 Å². The number of aliphatic imine (C=N–C) groups is 1. The molecule has 1 fully saturated rings. The van der Waals surface area contributed by atoms with Gasteiger partial charge in [-0.15, -0.1) is 0 Å². The van der Waals surface area contributed by atoms with Crippen molar-refractivity contribution in [1.29, 1.82) is 0 Å². The first-order valence-corrected chi connectivity index (χ1v) is 8.35. The zero-order valence-corrected chi connectivity index (χ0v) is 14.0. The van der Waals surface area contributed by atoms with Gasteiger partial charge in [-0.05, 0) is 25.5 Å². The Labute approximate surface area is 138 Å². The number of anilines is 1. The monoisotopic (exact) mass is 339 g/mol. The number of hydrogen-bond donors (Lipinski definition) is 2. The molecular formula is C15H18ClN3O2S. The zero-order valence-electron chi connectivity index (χ0n) is 12.4. The van der Waals surface area contributed by atoms with E-state index in [0.717, 1.165) is 6.42 Å². The second kappa shape index (κ2) is 7.65. The molecule has 22 heavy (non-hydrogen) atoms. The maximum Gasteiger partial charge on any atom is 0.240 e. The normalized spacial score (nSPS) is 20.8. The van der Waals surface area contributed by atoms with Gasteiger partial charge in [-0.2, -0.15) is 0 Å². The Kier molecular flexibility index (Phi) is 5.85. The van der Waals surface area contributed by atoms with Crippen molar-refractivity contribution in [3.8, 4) is 0 Å². The minimum absolute atomic E-state index is 0.0846. The molecule has 2 N–H and O–H groups in total. The van der Waals surface area contributed by atoms with Crippen molar-refractivity contribution in [3.63, 3.8) is 0 Å². The number of thioether (sulfide) groups is 1. The van der Waals surface area contributed by atoms with Crippen molar-refractivity contribution in [3.05, 3.63) is 29.3 Å². The fourth-order valence-electron chi connectivity index (χ4n) is 1.82. The third kappa shape index (κ3) is 4.48. The summed E-state index contributed by atoms with van der Waals surface area (Å²) in [5, 5.41) is 6.05. The number of hydrogen-bond acceptors (Lipinski definition) is 4. The van der Waals surface area contributed by atoms with E-state index in [1.165, 1.54) is 11.8 Å². The number of carbonyl (C=O) groups is 2. The minimum atomic E-state index is -0.453. The van der Waals surface area contributed by atoms with Gasteiger partial charge in [0.05, 0.1) is 10.7 Å². The van der Waals surface area contributed by atoms with E-state index in [4.69, 9.17) is 11.6 Å². The number of rotatable bonds is 5. The summed E-state index contributed by atoms with van der Waals surface area (Å²) >= 11 is 7.29. The average Bonchev–Trinajstić information content (AvgIpc) is 2.81. The summed E-state index contributed by atoms with van der Waals surface area (Å²) in [4.78, 5) is 28.3. The summed E-state index contributed by atoms with van der Waals surface area (Å²) < 4.78 is 0. The predicted octanol–water partition coefficient (Wildman–Crippen LogP) is 3.05. The Morgan fingerprint density at radius 3 is 2.91 bits per heavy atom. The van der Waals surface area contributed by atoms with Crippen LogP contribution in [0.2, 0.25) is 5.02 Å². The van der Waals surface area contributed by atoms with Crippen LogP contribution in [0.3, 0.4) is 0 Å². The van der Waals surface area contributed by atoms with Gasteiger partial charge in [-0.3, -0.25) is 14.6 Å². The molecule has 1 saturated heterocycles. The molecule has 1 aliphatic rings. The summed E-state index contributed by atoms with van der Waals surface area (Å²) in [5.74, 6) is -0.424. The first kappa shape index (κ1) is 16.8. The van der Waals surface area contributed by atoms with Crippen LogP contribution in [0.15, 0.2) is 29.3 Å². The molecule has 2 amide bonds. The lowest BCUT2D eigenvalue weighted by Crippen LogP contribution is -2.28. The molecule has 2 atom stereocenters. The molecule has 1 heterocycles. The van der Waals surface area contributed by atoms with Gasteiger partial charge in [-0.1, -0.05) is 42.4 Å². The molecule has 0 aliphatic carbocycles. The lowest BCUT2D eigenvalue weighted by Gasteiger charge is -2.08. The SMILES string of the molecule is CC[C@H](C)N=C1NC(=O)[C@@H](CC(=O)Nc2ccccc2Cl)S1. The van der Waals surface area contributed by atoms with Crippen LogP contribution < -0.4 is 10.6 Å². The number of benzene rings is 1. The van der Waals surface area contributed by atoms with Gasteiger partial charge in [0.15, 0.2) is 5.17 Å². The van der Waals surface area contributed by atoms with Gasteiger partial charge >= 0.3 is 0 Å². The molecule has 0 spiro atoms. The highest BCUT2D eigenvalue weighted by atomic mass is 35.5. The number of amidine groups is 1. The van der Waals surface area contributed by atoms with Crippen molar-refractivity contribution < 1.29 is 9.59 Å². The van der Waals surface area contributed by atoms with Gasteiger partial charge in [-0.25, -0.2) is 0 Å². The molecular weight excluding hydrogens is 322 g/mol. The van der Waals surface area contributed by atoms with Crippen LogP contribution in [0.1, 0.15) is 26.7 Å². The summed E-state index contributed by atoms with van der Waals surface area (Å²) in [6.45, 7) is 4.02. The predicted molar refractivity (Wildman–Crippen MR) is 91.4 cm³/mol. The van der Waals surface area contributed by atoms with Gasteiger partial charge < -0.3 is 10.6 Å². The number of amides is 2. The van der Waals surface area contributed by atoms with E-state index in [-0.39, 0.29) is 24.3 Å². The summed E-state index contributed by atoms with van der Waals surface area (Å²) in [7, 11) is 0. The van der Waals surface area contributed by atoms with E-state index >= 15 is 0 Å². The number of nitrogens with one attached hydrogen (secondary N) is 2. The Bertz CT molecular complexity index is 606. The molecule has 0 aromatic heterocycles. The summed E-state index contributed by atoms with van der Waals surface area (Å²) in [5.41, 5.74) is 0.547. The Balaban J connectivity index is 1.94. The Hall–Kier alpha value is -1.53. The second-order valence-corrected chi connectivity index (χ2v) is 6.62. The van der Waals surface area contributed by atoms with Crippen LogP contribution in [0.4, 0.5) is 5.69 Å². The van der Waals surface area contributed by atoms with Crippen molar-refractivity contribution >= 4 is 46.0 Å². The molecule has 5 nitrogen and oxygen atoms in total. The van der Waals surface area contributed by atoms with Crippen LogP contribution in [-0.4, -0.2) is 28.3 Å². The molecule has 1 aromatic carbocycles. The van der Waals surface area contributed by atoms with Crippen molar-refractivity contribution in [1.82, 2.24) is 5.32 Å². The Morgan fingerprint density at radius 1 is 1.50 bits per heavy atom. The molecule has 2 rings (SSSR count). The minimum Gasteiger partial charge on any atom is -0.325 e. The topological polar surface area (TPSA) is 70.6 Å². The van der Waals surface area contributed by atoms with Gasteiger partial charge in [0.1, 0.15) is 5.25 Å². The van der Waals surface area contributed by atoms with Crippen LogP contribution in [-0.2, 0) is 9.59 Å². The van der Waals surface area contributed by atoms with Crippen molar-refractivity contribution in [2.45, 2.75) is 38.0 Å². The molecule has 1 aromatic rings. The maximum atomic E-state index is 12.0. The highest BCUT2D eigenvalue weighted by Crippen LogP contribution is 2.25. The fourth-order valence-corrected chi connectivity index (χ4v) is 3.08. The third-order valence-corrected chi connectivity index (χ3v) is 4.65. The largest absolute Gasteiger partial charge is 0.325 e. The zero-order chi connectivity index (χ0) is 16.1. The molecule has 0 radical (unpaired) electrons. The lowest BCUT2D eigenvalue weighted by molar-refractivity contribution is -0.122. The smallest absolute Gasteiger partial charge is 0.240 e. The molecule has 0 unspecified atom stereocenters. The molecule has 1 aliphatic heterocycles. The second-order valence-electron chi connectivity index (χ2n) is 5.02. The standard InChI is InChI=1S/C15H18ClN3O2S/c1-3-9(2)17-15-19-14(21)12(22-15)8-13(20)18-11-7-5-4-6-10(11)16/h4-7,9,12H,3,8H2,1-2H3,(H,18,20)(H,17,19,21)/t9-,12+/m0/s1. The van der Waals surface area contributed by atoms with Gasteiger partial charge in [0.25, 0.3) is 0 Å². The quantitative estimate of drug-likeness (QED) is 0.866. The first-order chi connectivity index (χ1) is 10.5. The third-order valence-electron chi connectivity index (χ3n) is 3.22. The van der Waals surface area contributed by atoms with Crippen molar-refractivity contribution in [2.24, 2.45) is 4.99 Å². The number of para-hydroxylation sites is 1. The number of nitrogens with zero attached hydrogens (tertiary/aromatic N) is 1. The van der Waals surface area contributed by atoms with E-state index in [2.05, 4.69) is 15.6 Å². The van der Waals surface area contributed by atoms with Crippen LogP contribution in [0, 0.1) is 0 Å².